The van der Waals surface area contributed by atoms with Gasteiger partial charge in [0, 0.05) is 32.0 Å². The van der Waals surface area contributed by atoms with Crippen molar-refractivity contribution in [3.63, 3.8) is 0 Å². The highest BCUT2D eigenvalue weighted by Gasteiger charge is 2.27. The zero-order valence-corrected chi connectivity index (χ0v) is 14.3. The predicted octanol–water partition coefficient (Wildman–Crippen LogP) is 1.42. The second-order valence-electron chi connectivity index (χ2n) is 6.46. The lowest BCUT2D eigenvalue weighted by molar-refractivity contribution is -0.120. The first-order chi connectivity index (χ1) is 10.3. The summed E-state index contributed by atoms with van der Waals surface area (Å²) < 4.78 is 5.58. The van der Waals surface area contributed by atoms with Gasteiger partial charge in [0.15, 0.2) is 0 Å². The monoisotopic (exact) mass is 325 g/mol. The molecule has 2 rings (SSSR count). The standard InChI is InChI=1S/C15H23N3O3S/c1-10(19)16-7-11-9-18(5-6-21-11)13(20)12-8-17-14(22-12)15(2,3)4/h8,11H,5-7,9H2,1-4H3,(H,16,19). The maximum absolute atomic E-state index is 12.6. The van der Waals surface area contributed by atoms with Crippen molar-refractivity contribution < 1.29 is 14.3 Å². The van der Waals surface area contributed by atoms with Crippen LogP contribution >= 0.6 is 11.3 Å². The maximum atomic E-state index is 12.6. The highest BCUT2D eigenvalue weighted by molar-refractivity contribution is 7.13. The Morgan fingerprint density at radius 1 is 1.50 bits per heavy atom. The molecule has 0 radical (unpaired) electrons. The number of carbonyl (C=O) groups excluding carboxylic acids is 2. The Bertz CT molecular complexity index is 550. The lowest BCUT2D eigenvalue weighted by Crippen LogP contribution is -2.49. The molecule has 0 spiro atoms. The summed E-state index contributed by atoms with van der Waals surface area (Å²) in [7, 11) is 0. The Balaban J connectivity index is 1.99. The van der Waals surface area contributed by atoms with Gasteiger partial charge in [0.25, 0.3) is 5.91 Å². The normalized spacial score (nSPS) is 19.1. The van der Waals surface area contributed by atoms with Crippen LogP contribution in [0.3, 0.4) is 0 Å². The van der Waals surface area contributed by atoms with Crippen LogP contribution in [-0.2, 0) is 14.9 Å². The summed E-state index contributed by atoms with van der Waals surface area (Å²) in [6.45, 7) is 9.68. The molecule has 2 heterocycles. The zero-order chi connectivity index (χ0) is 16.3. The number of aromatic nitrogens is 1. The smallest absolute Gasteiger partial charge is 0.265 e. The Kier molecular flexibility index (Phi) is 5.18. The number of morpholine rings is 1. The van der Waals surface area contributed by atoms with Gasteiger partial charge in [0.05, 0.1) is 23.9 Å². The van der Waals surface area contributed by atoms with Crippen molar-refractivity contribution in [3.8, 4) is 0 Å². The lowest BCUT2D eigenvalue weighted by Gasteiger charge is -2.32. The van der Waals surface area contributed by atoms with E-state index < -0.39 is 0 Å². The SMILES string of the molecule is CC(=O)NCC1CN(C(=O)c2cnc(C(C)(C)C)s2)CCO1. The van der Waals surface area contributed by atoms with Gasteiger partial charge in [-0.2, -0.15) is 0 Å². The first-order valence-corrected chi connectivity index (χ1v) is 8.20. The van der Waals surface area contributed by atoms with E-state index in [-0.39, 0.29) is 23.3 Å². The van der Waals surface area contributed by atoms with E-state index in [0.29, 0.717) is 31.1 Å². The molecule has 1 aromatic rings. The first kappa shape index (κ1) is 16.9. The Hall–Kier alpha value is -1.47. The molecule has 7 heteroatoms. The molecular weight excluding hydrogens is 302 g/mol. The van der Waals surface area contributed by atoms with Crippen molar-refractivity contribution in [2.24, 2.45) is 0 Å². The van der Waals surface area contributed by atoms with E-state index in [4.69, 9.17) is 4.74 Å². The molecule has 0 aliphatic carbocycles. The van der Waals surface area contributed by atoms with Gasteiger partial charge in [0.2, 0.25) is 5.91 Å². The molecule has 1 N–H and O–H groups in total. The zero-order valence-electron chi connectivity index (χ0n) is 13.5. The van der Waals surface area contributed by atoms with E-state index in [9.17, 15) is 9.59 Å². The van der Waals surface area contributed by atoms with Crippen LogP contribution in [0, 0.1) is 0 Å². The van der Waals surface area contributed by atoms with Crippen LogP contribution in [0.25, 0.3) is 0 Å². The average molecular weight is 325 g/mol. The summed E-state index contributed by atoms with van der Waals surface area (Å²) in [6, 6.07) is 0. The van der Waals surface area contributed by atoms with Crippen LogP contribution in [0.5, 0.6) is 0 Å². The van der Waals surface area contributed by atoms with Gasteiger partial charge in [-0.25, -0.2) is 4.98 Å². The van der Waals surface area contributed by atoms with Gasteiger partial charge in [-0.3, -0.25) is 9.59 Å². The highest BCUT2D eigenvalue weighted by Crippen LogP contribution is 2.27. The summed E-state index contributed by atoms with van der Waals surface area (Å²) in [5, 5.41) is 3.68. The molecule has 1 aromatic heterocycles. The summed E-state index contributed by atoms with van der Waals surface area (Å²) in [4.78, 5) is 30.3. The van der Waals surface area contributed by atoms with Crippen molar-refractivity contribution in [1.82, 2.24) is 15.2 Å². The molecule has 0 aromatic carbocycles. The fourth-order valence-electron chi connectivity index (χ4n) is 2.16. The predicted molar refractivity (Wildman–Crippen MR) is 85.1 cm³/mol. The van der Waals surface area contributed by atoms with Crippen molar-refractivity contribution in [2.75, 3.05) is 26.2 Å². The molecular formula is C15H23N3O3S. The van der Waals surface area contributed by atoms with Gasteiger partial charge in [-0.15, -0.1) is 11.3 Å². The minimum Gasteiger partial charge on any atom is -0.373 e. The van der Waals surface area contributed by atoms with Crippen LogP contribution in [0.4, 0.5) is 0 Å². The molecule has 1 aliphatic heterocycles. The third-order valence-electron chi connectivity index (χ3n) is 3.36. The molecule has 1 atom stereocenters. The molecule has 1 unspecified atom stereocenters. The molecule has 0 saturated carbocycles. The summed E-state index contributed by atoms with van der Waals surface area (Å²) in [5.74, 6) is -0.103. The number of thiazole rings is 1. The van der Waals surface area contributed by atoms with E-state index >= 15 is 0 Å². The lowest BCUT2D eigenvalue weighted by atomic mass is 9.98. The van der Waals surface area contributed by atoms with E-state index in [2.05, 4.69) is 31.1 Å². The van der Waals surface area contributed by atoms with Gasteiger partial charge in [0.1, 0.15) is 4.88 Å². The molecule has 22 heavy (non-hydrogen) atoms. The number of rotatable bonds is 3. The third-order valence-corrected chi connectivity index (χ3v) is 4.77. The fraction of sp³-hybridized carbons (Fsp3) is 0.667. The minimum atomic E-state index is -0.156. The Morgan fingerprint density at radius 2 is 2.23 bits per heavy atom. The average Bonchev–Trinajstić information content (AvgIpc) is 2.94. The second-order valence-corrected chi connectivity index (χ2v) is 7.49. The van der Waals surface area contributed by atoms with Gasteiger partial charge in [-0.05, 0) is 0 Å². The Morgan fingerprint density at radius 3 is 2.82 bits per heavy atom. The number of hydrogen-bond acceptors (Lipinski definition) is 5. The highest BCUT2D eigenvalue weighted by atomic mass is 32.1. The quantitative estimate of drug-likeness (QED) is 0.912. The Labute approximate surface area is 134 Å². The van der Waals surface area contributed by atoms with Gasteiger partial charge in [-0.1, -0.05) is 20.8 Å². The van der Waals surface area contributed by atoms with Crippen molar-refractivity contribution in [1.29, 1.82) is 0 Å². The fourth-order valence-corrected chi connectivity index (χ4v) is 3.10. The molecule has 6 nitrogen and oxygen atoms in total. The first-order valence-electron chi connectivity index (χ1n) is 7.39. The summed E-state index contributed by atoms with van der Waals surface area (Å²) in [6.07, 6.45) is 1.50. The molecule has 2 amide bonds. The van der Waals surface area contributed by atoms with Gasteiger partial charge >= 0.3 is 0 Å². The molecule has 1 saturated heterocycles. The van der Waals surface area contributed by atoms with E-state index in [1.165, 1.54) is 18.3 Å². The maximum Gasteiger partial charge on any atom is 0.265 e. The summed E-state index contributed by atoms with van der Waals surface area (Å²) in [5.41, 5.74) is -0.0534. The van der Waals surface area contributed by atoms with Crippen molar-refractivity contribution >= 4 is 23.2 Å². The largest absolute Gasteiger partial charge is 0.373 e. The van der Waals surface area contributed by atoms with Crippen LogP contribution in [0.2, 0.25) is 0 Å². The number of nitrogens with one attached hydrogen (secondary N) is 1. The third kappa shape index (κ3) is 4.27. The topological polar surface area (TPSA) is 71.5 Å². The van der Waals surface area contributed by atoms with Crippen molar-refractivity contribution in [2.45, 2.75) is 39.2 Å². The molecule has 1 aliphatic rings. The van der Waals surface area contributed by atoms with E-state index in [0.717, 1.165) is 5.01 Å². The van der Waals surface area contributed by atoms with Crippen LogP contribution < -0.4 is 5.32 Å². The molecule has 1 fully saturated rings. The van der Waals surface area contributed by atoms with Gasteiger partial charge < -0.3 is 15.0 Å². The van der Waals surface area contributed by atoms with Crippen LogP contribution in [0.15, 0.2) is 6.20 Å². The van der Waals surface area contributed by atoms with Crippen LogP contribution in [0.1, 0.15) is 42.4 Å². The molecule has 122 valence electrons. The summed E-state index contributed by atoms with van der Waals surface area (Å²) >= 11 is 1.45. The number of amides is 2. The van der Waals surface area contributed by atoms with E-state index in [1.807, 2.05) is 0 Å². The number of nitrogens with zero attached hydrogens (tertiary/aromatic N) is 2. The second kappa shape index (κ2) is 6.75. The molecule has 0 bridgehead atoms. The number of ether oxygens (including phenoxy) is 1. The number of hydrogen-bond donors (Lipinski definition) is 1. The number of carbonyl (C=O) groups is 2. The van der Waals surface area contributed by atoms with E-state index in [1.54, 1.807) is 11.1 Å². The van der Waals surface area contributed by atoms with Crippen molar-refractivity contribution in [3.05, 3.63) is 16.1 Å². The van der Waals surface area contributed by atoms with Crippen LogP contribution in [-0.4, -0.2) is 54.0 Å². The minimum absolute atomic E-state index is 0.0101.